The number of hydrogen-bond donors (Lipinski definition) is 2. The maximum Gasteiger partial charge on any atom is 0.211 e. The fourth-order valence-electron chi connectivity index (χ4n) is 2.11. The highest BCUT2D eigenvalue weighted by Gasteiger charge is 2.23. The lowest BCUT2D eigenvalue weighted by molar-refractivity contribution is 0.0173. The van der Waals surface area contributed by atoms with Crippen molar-refractivity contribution >= 4 is 10.0 Å². The third kappa shape index (κ3) is 6.68. The van der Waals surface area contributed by atoms with Crippen molar-refractivity contribution < 1.29 is 13.2 Å². The highest BCUT2D eigenvalue weighted by molar-refractivity contribution is 7.89. The van der Waals surface area contributed by atoms with Gasteiger partial charge in [-0.2, -0.15) is 0 Å². The van der Waals surface area contributed by atoms with Crippen molar-refractivity contribution in [2.75, 3.05) is 25.4 Å². The zero-order valence-corrected chi connectivity index (χ0v) is 12.3. The smallest absolute Gasteiger partial charge is 0.211 e. The predicted molar refractivity (Wildman–Crippen MR) is 73.1 cm³/mol. The first-order chi connectivity index (χ1) is 8.53. The summed E-state index contributed by atoms with van der Waals surface area (Å²) in [7, 11) is -3.14. The van der Waals surface area contributed by atoms with E-state index in [9.17, 15) is 8.42 Å². The van der Waals surface area contributed by atoms with Gasteiger partial charge in [0.05, 0.1) is 11.9 Å². The van der Waals surface area contributed by atoms with Crippen LogP contribution in [0.1, 0.15) is 39.5 Å². The van der Waals surface area contributed by atoms with Crippen molar-refractivity contribution in [3.63, 3.8) is 0 Å². The molecule has 2 atom stereocenters. The van der Waals surface area contributed by atoms with Gasteiger partial charge in [-0.1, -0.05) is 6.92 Å². The first kappa shape index (κ1) is 15.9. The lowest BCUT2D eigenvalue weighted by atomic mass is 10.1. The SMILES string of the molecule is CCCNCCCS(=O)(=O)NC1CCOC(C)C1. The zero-order chi connectivity index (χ0) is 13.4. The number of sulfonamides is 1. The minimum Gasteiger partial charge on any atom is -0.378 e. The van der Waals surface area contributed by atoms with Crippen LogP contribution in [0, 0.1) is 0 Å². The van der Waals surface area contributed by atoms with Crippen LogP contribution in [-0.4, -0.2) is 46.0 Å². The summed E-state index contributed by atoms with van der Waals surface area (Å²) in [4.78, 5) is 0. The van der Waals surface area contributed by atoms with E-state index in [4.69, 9.17) is 4.74 Å². The molecule has 1 heterocycles. The van der Waals surface area contributed by atoms with Crippen LogP contribution in [0.2, 0.25) is 0 Å². The molecule has 2 unspecified atom stereocenters. The molecule has 1 fully saturated rings. The fraction of sp³-hybridized carbons (Fsp3) is 1.00. The average Bonchev–Trinajstić information content (AvgIpc) is 2.28. The van der Waals surface area contributed by atoms with Crippen LogP contribution in [0.25, 0.3) is 0 Å². The van der Waals surface area contributed by atoms with Gasteiger partial charge in [0.2, 0.25) is 10.0 Å². The average molecular weight is 278 g/mol. The molecule has 5 nitrogen and oxygen atoms in total. The summed E-state index contributed by atoms with van der Waals surface area (Å²) in [6.07, 6.45) is 3.43. The topological polar surface area (TPSA) is 67.4 Å². The third-order valence-corrected chi connectivity index (χ3v) is 4.54. The van der Waals surface area contributed by atoms with Crippen molar-refractivity contribution in [3.05, 3.63) is 0 Å². The Bertz CT molecular complexity index is 319. The van der Waals surface area contributed by atoms with Gasteiger partial charge >= 0.3 is 0 Å². The second-order valence-electron chi connectivity index (χ2n) is 4.94. The van der Waals surface area contributed by atoms with Crippen LogP contribution in [0.3, 0.4) is 0 Å². The molecule has 0 aromatic heterocycles. The molecule has 1 aliphatic rings. The Hall–Kier alpha value is -0.170. The molecule has 2 N–H and O–H groups in total. The van der Waals surface area contributed by atoms with Crippen molar-refractivity contribution in [2.45, 2.75) is 51.7 Å². The van der Waals surface area contributed by atoms with E-state index in [1.54, 1.807) is 0 Å². The summed E-state index contributed by atoms with van der Waals surface area (Å²) in [5, 5.41) is 3.21. The zero-order valence-electron chi connectivity index (χ0n) is 11.4. The van der Waals surface area contributed by atoms with Crippen molar-refractivity contribution in [2.24, 2.45) is 0 Å². The Morgan fingerprint density at radius 3 is 2.78 bits per heavy atom. The Morgan fingerprint density at radius 1 is 1.33 bits per heavy atom. The van der Waals surface area contributed by atoms with Gasteiger partial charge in [-0.25, -0.2) is 13.1 Å². The van der Waals surface area contributed by atoms with E-state index in [0.29, 0.717) is 13.0 Å². The second-order valence-corrected chi connectivity index (χ2v) is 6.82. The summed E-state index contributed by atoms with van der Waals surface area (Å²) >= 11 is 0. The van der Waals surface area contributed by atoms with Crippen LogP contribution in [0.15, 0.2) is 0 Å². The number of hydrogen-bond acceptors (Lipinski definition) is 4. The van der Waals surface area contributed by atoms with E-state index in [1.165, 1.54) is 0 Å². The molecule has 0 aromatic carbocycles. The number of nitrogens with one attached hydrogen (secondary N) is 2. The van der Waals surface area contributed by atoms with Gasteiger partial charge in [0, 0.05) is 12.6 Å². The molecule has 1 aliphatic heterocycles. The molecule has 6 heteroatoms. The molecular weight excluding hydrogens is 252 g/mol. The molecule has 1 saturated heterocycles. The molecular formula is C12H26N2O3S. The van der Waals surface area contributed by atoms with E-state index in [-0.39, 0.29) is 17.9 Å². The second kappa shape index (κ2) is 8.09. The summed E-state index contributed by atoms with van der Waals surface area (Å²) < 4.78 is 31.9. The third-order valence-electron chi connectivity index (χ3n) is 3.02. The summed E-state index contributed by atoms with van der Waals surface area (Å²) in [6, 6.07) is 0.0438. The molecule has 0 spiro atoms. The van der Waals surface area contributed by atoms with Crippen molar-refractivity contribution in [3.8, 4) is 0 Å². The van der Waals surface area contributed by atoms with E-state index >= 15 is 0 Å². The predicted octanol–water partition coefficient (Wildman–Crippen LogP) is 0.863. The molecule has 0 amide bonds. The molecule has 18 heavy (non-hydrogen) atoms. The maximum absolute atomic E-state index is 11.9. The first-order valence-electron chi connectivity index (χ1n) is 6.86. The van der Waals surface area contributed by atoms with Crippen molar-refractivity contribution in [1.29, 1.82) is 0 Å². The Balaban J connectivity index is 2.22. The largest absolute Gasteiger partial charge is 0.378 e. The van der Waals surface area contributed by atoms with Crippen molar-refractivity contribution in [1.82, 2.24) is 10.0 Å². The maximum atomic E-state index is 11.9. The first-order valence-corrected chi connectivity index (χ1v) is 8.51. The van der Waals surface area contributed by atoms with Gasteiger partial charge in [-0.05, 0) is 45.7 Å². The monoisotopic (exact) mass is 278 g/mol. The van der Waals surface area contributed by atoms with Gasteiger partial charge in [-0.15, -0.1) is 0 Å². The Morgan fingerprint density at radius 2 is 2.11 bits per heavy atom. The van der Waals surface area contributed by atoms with Crippen LogP contribution in [0.4, 0.5) is 0 Å². The highest BCUT2D eigenvalue weighted by Crippen LogP contribution is 2.14. The van der Waals surface area contributed by atoms with Gasteiger partial charge < -0.3 is 10.1 Å². The molecule has 108 valence electrons. The Labute approximate surface area is 111 Å². The minimum atomic E-state index is -3.14. The van der Waals surface area contributed by atoms with E-state index in [0.717, 1.165) is 32.4 Å². The van der Waals surface area contributed by atoms with Crippen LogP contribution in [-0.2, 0) is 14.8 Å². The standard InChI is InChI=1S/C12H26N2O3S/c1-3-6-13-7-4-9-18(15,16)14-12-5-8-17-11(2)10-12/h11-14H,3-10H2,1-2H3. The summed E-state index contributed by atoms with van der Waals surface area (Å²) in [6.45, 7) is 6.43. The lowest BCUT2D eigenvalue weighted by Crippen LogP contribution is -2.42. The molecule has 0 radical (unpaired) electrons. The van der Waals surface area contributed by atoms with Crippen LogP contribution in [0.5, 0.6) is 0 Å². The van der Waals surface area contributed by atoms with Gasteiger partial charge in [0.25, 0.3) is 0 Å². The number of rotatable bonds is 8. The molecule has 0 aliphatic carbocycles. The number of ether oxygens (including phenoxy) is 1. The van der Waals surface area contributed by atoms with E-state index in [2.05, 4.69) is 17.0 Å². The molecule has 0 saturated carbocycles. The van der Waals surface area contributed by atoms with Crippen LogP contribution < -0.4 is 10.0 Å². The quantitative estimate of drug-likeness (QED) is 0.646. The van der Waals surface area contributed by atoms with Crippen LogP contribution >= 0.6 is 0 Å². The lowest BCUT2D eigenvalue weighted by Gasteiger charge is -2.27. The summed E-state index contributed by atoms with van der Waals surface area (Å²) in [5.41, 5.74) is 0. The Kier molecular flexibility index (Phi) is 7.14. The molecule has 1 rings (SSSR count). The summed E-state index contributed by atoms with van der Waals surface area (Å²) in [5.74, 6) is 0.204. The van der Waals surface area contributed by atoms with E-state index < -0.39 is 10.0 Å². The normalized spacial score (nSPS) is 25.2. The highest BCUT2D eigenvalue weighted by atomic mass is 32.2. The minimum absolute atomic E-state index is 0.0438. The van der Waals surface area contributed by atoms with E-state index in [1.807, 2.05) is 6.92 Å². The molecule has 0 aromatic rings. The molecule has 0 bridgehead atoms. The van der Waals surface area contributed by atoms with Gasteiger partial charge in [-0.3, -0.25) is 0 Å². The fourth-order valence-corrected chi connectivity index (χ4v) is 3.47. The van der Waals surface area contributed by atoms with Gasteiger partial charge in [0.1, 0.15) is 0 Å². The van der Waals surface area contributed by atoms with Gasteiger partial charge in [0.15, 0.2) is 0 Å².